The van der Waals surface area contributed by atoms with Crippen molar-refractivity contribution in [3.8, 4) is 17.2 Å². The molecule has 11 nitrogen and oxygen atoms in total. The van der Waals surface area contributed by atoms with Crippen LogP contribution >= 0.6 is 23.4 Å². The van der Waals surface area contributed by atoms with Gasteiger partial charge < -0.3 is 9.47 Å². The first kappa shape index (κ1) is 24.7. The number of amides is 2. The Balaban J connectivity index is 1.74. The van der Waals surface area contributed by atoms with Crippen LogP contribution in [0.4, 0.5) is 21.9 Å². The molecule has 3 aromatic rings. The summed E-state index contributed by atoms with van der Waals surface area (Å²) < 4.78 is 11.1. The minimum absolute atomic E-state index is 0.00949. The van der Waals surface area contributed by atoms with Crippen molar-refractivity contribution in [1.82, 2.24) is 0 Å². The molecule has 3 aromatic carbocycles. The fourth-order valence-electron chi connectivity index (χ4n) is 3.30. The fourth-order valence-corrected chi connectivity index (χ4v) is 4.25. The number of thioether (sulfide) groups is 1. The van der Waals surface area contributed by atoms with E-state index in [0.717, 1.165) is 23.1 Å². The van der Waals surface area contributed by atoms with Gasteiger partial charge in [-0.05, 0) is 54.2 Å². The molecule has 0 aromatic heterocycles. The lowest BCUT2D eigenvalue weighted by molar-refractivity contribution is -0.394. The Morgan fingerprint density at radius 1 is 0.972 bits per heavy atom. The minimum atomic E-state index is -0.811. The predicted molar refractivity (Wildman–Crippen MR) is 133 cm³/mol. The van der Waals surface area contributed by atoms with Crippen molar-refractivity contribution in [2.45, 2.75) is 0 Å². The molecule has 2 amide bonds. The first-order chi connectivity index (χ1) is 17.2. The maximum Gasteiger partial charge on any atom is 0.318 e. The molecule has 0 unspecified atom stereocenters. The second-order valence-electron chi connectivity index (χ2n) is 7.14. The number of carbonyl (C=O) groups excluding carboxylic acids is 2. The molecule has 182 valence electrons. The van der Waals surface area contributed by atoms with E-state index in [1.54, 1.807) is 24.3 Å². The third-order valence-corrected chi connectivity index (χ3v) is 6.08. The first-order valence-corrected chi connectivity index (χ1v) is 11.2. The van der Waals surface area contributed by atoms with E-state index in [0.29, 0.717) is 22.5 Å². The van der Waals surface area contributed by atoms with Gasteiger partial charge in [0.25, 0.3) is 16.8 Å². The van der Waals surface area contributed by atoms with Crippen LogP contribution in [0.1, 0.15) is 5.56 Å². The maximum absolute atomic E-state index is 13.0. The molecule has 0 N–H and O–H groups in total. The van der Waals surface area contributed by atoms with E-state index in [4.69, 9.17) is 21.1 Å². The molecule has 0 bridgehead atoms. The van der Waals surface area contributed by atoms with Gasteiger partial charge in [-0.3, -0.25) is 29.8 Å². The van der Waals surface area contributed by atoms with E-state index < -0.39 is 32.4 Å². The van der Waals surface area contributed by atoms with Gasteiger partial charge in [0.1, 0.15) is 0 Å². The second kappa shape index (κ2) is 10.1. The van der Waals surface area contributed by atoms with Crippen LogP contribution in [0.15, 0.2) is 65.6 Å². The Hall–Kier alpha value is -4.42. The highest BCUT2D eigenvalue weighted by atomic mass is 35.5. The van der Waals surface area contributed by atoms with E-state index in [1.165, 1.54) is 31.4 Å². The molecular formula is C23H14ClN3O8S. The quantitative estimate of drug-likeness (QED) is 0.199. The Kier molecular flexibility index (Phi) is 6.90. The average Bonchev–Trinajstić information content (AvgIpc) is 3.13. The monoisotopic (exact) mass is 527 g/mol. The number of benzene rings is 3. The number of nitrogens with zero attached hydrogens (tertiary/aromatic N) is 3. The number of anilines is 1. The Morgan fingerprint density at radius 2 is 1.69 bits per heavy atom. The lowest BCUT2D eigenvalue weighted by Gasteiger charge is -2.14. The third kappa shape index (κ3) is 4.85. The summed E-state index contributed by atoms with van der Waals surface area (Å²) in [5.41, 5.74) is -0.494. The summed E-state index contributed by atoms with van der Waals surface area (Å²) in [6.07, 6.45) is 1.40. The molecule has 1 saturated heterocycles. The van der Waals surface area contributed by atoms with Crippen LogP contribution in [0.5, 0.6) is 17.2 Å². The van der Waals surface area contributed by atoms with Gasteiger partial charge in [0, 0.05) is 16.7 Å². The molecule has 1 aliphatic rings. The highest BCUT2D eigenvalue weighted by Crippen LogP contribution is 2.43. The number of carbonyl (C=O) groups is 2. The molecule has 4 rings (SSSR count). The summed E-state index contributed by atoms with van der Waals surface area (Å²) in [6, 6.07) is 13.8. The van der Waals surface area contributed by atoms with Crippen LogP contribution in [-0.2, 0) is 4.79 Å². The average molecular weight is 528 g/mol. The Bertz CT molecular complexity index is 1440. The SMILES string of the molecule is COc1cccc(/C=C2\SC(=O)N(c3ccc(Cl)cc3)C2=O)c1Oc1ccc([N+](=O)[O-])cc1[N+](=O)[O-]. The number of hydrogen-bond acceptors (Lipinski definition) is 9. The van der Waals surface area contributed by atoms with Gasteiger partial charge in [-0.1, -0.05) is 23.7 Å². The number of imide groups is 1. The largest absolute Gasteiger partial charge is 0.493 e. The zero-order chi connectivity index (χ0) is 26.0. The molecule has 36 heavy (non-hydrogen) atoms. The maximum atomic E-state index is 13.0. The van der Waals surface area contributed by atoms with Gasteiger partial charge in [-0.15, -0.1) is 0 Å². The molecule has 0 radical (unpaired) electrons. The Labute approximate surface area is 212 Å². The molecule has 0 saturated carbocycles. The lowest BCUT2D eigenvalue weighted by atomic mass is 10.1. The first-order valence-electron chi connectivity index (χ1n) is 10.0. The molecule has 13 heteroatoms. The molecule has 0 atom stereocenters. The highest BCUT2D eigenvalue weighted by Gasteiger charge is 2.36. The minimum Gasteiger partial charge on any atom is -0.493 e. The van der Waals surface area contributed by atoms with Crippen molar-refractivity contribution >= 4 is 57.6 Å². The summed E-state index contributed by atoms with van der Waals surface area (Å²) in [6.45, 7) is 0. The van der Waals surface area contributed by atoms with Crippen molar-refractivity contribution in [2.75, 3.05) is 12.0 Å². The van der Waals surface area contributed by atoms with E-state index >= 15 is 0 Å². The van der Waals surface area contributed by atoms with Gasteiger partial charge in [0.05, 0.1) is 33.6 Å². The van der Waals surface area contributed by atoms with Crippen molar-refractivity contribution < 1.29 is 28.9 Å². The lowest BCUT2D eigenvalue weighted by Crippen LogP contribution is -2.27. The zero-order valence-corrected chi connectivity index (χ0v) is 19.8. The number of halogens is 1. The van der Waals surface area contributed by atoms with Crippen LogP contribution in [-0.4, -0.2) is 28.1 Å². The number of rotatable bonds is 7. The summed E-state index contributed by atoms with van der Waals surface area (Å²) in [7, 11) is 1.35. The standard InChI is InChI=1S/C23H14ClN3O8S/c1-34-19-4-2-3-13(21(19)35-18-10-9-16(26(30)31)12-17(18)27(32)33)11-20-22(28)25(23(29)36-20)15-7-5-14(24)6-8-15/h2-12H,1H3/b20-11-. The number of nitro benzene ring substituents is 2. The number of non-ortho nitro benzene ring substituents is 1. The van der Waals surface area contributed by atoms with Crippen LogP contribution in [0, 0.1) is 20.2 Å². The molecular weight excluding hydrogens is 514 g/mol. The summed E-state index contributed by atoms with van der Waals surface area (Å²) >= 11 is 6.59. The number of ether oxygens (including phenoxy) is 2. The predicted octanol–water partition coefficient (Wildman–Crippen LogP) is 6.20. The highest BCUT2D eigenvalue weighted by molar-refractivity contribution is 8.19. The van der Waals surface area contributed by atoms with Crippen LogP contribution < -0.4 is 14.4 Å². The van der Waals surface area contributed by atoms with Gasteiger partial charge in [-0.25, -0.2) is 4.90 Å². The topological polar surface area (TPSA) is 142 Å². The molecule has 0 spiro atoms. The third-order valence-electron chi connectivity index (χ3n) is 4.96. The second-order valence-corrected chi connectivity index (χ2v) is 8.57. The van der Waals surface area contributed by atoms with E-state index in [2.05, 4.69) is 0 Å². The van der Waals surface area contributed by atoms with E-state index in [-0.39, 0.29) is 27.7 Å². The number of methoxy groups -OCH3 is 1. The van der Waals surface area contributed by atoms with Crippen LogP contribution in [0.3, 0.4) is 0 Å². The number of hydrogen-bond donors (Lipinski definition) is 0. The van der Waals surface area contributed by atoms with Crippen molar-refractivity contribution in [3.05, 3.63) is 96.4 Å². The molecule has 1 heterocycles. The van der Waals surface area contributed by atoms with Crippen molar-refractivity contribution in [3.63, 3.8) is 0 Å². The Morgan fingerprint density at radius 3 is 2.33 bits per heavy atom. The van der Waals surface area contributed by atoms with Gasteiger partial charge in [0.15, 0.2) is 11.5 Å². The molecule has 1 aliphatic heterocycles. The van der Waals surface area contributed by atoms with E-state index in [9.17, 15) is 29.8 Å². The summed E-state index contributed by atoms with van der Waals surface area (Å²) in [4.78, 5) is 47.7. The summed E-state index contributed by atoms with van der Waals surface area (Å²) in [5.74, 6) is -0.676. The number of para-hydroxylation sites is 1. The summed E-state index contributed by atoms with van der Waals surface area (Å²) in [5, 5.41) is 22.5. The van der Waals surface area contributed by atoms with Crippen LogP contribution in [0.25, 0.3) is 6.08 Å². The fraction of sp³-hybridized carbons (Fsp3) is 0.0435. The van der Waals surface area contributed by atoms with Crippen LogP contribution in [0.2, 0.25) is 5.02 Å². The van der Waals surface area contributed by atoms with Crippen molar-refractivity contribution in [1.29, 1.82) is 0 Å². The van der Waals surface area contributed by atoms with Gasteiger partial charge >= 0.3 is 5.69 Å². The van der Waals surface area contributed by atoms with Gasteiger partial charge in [0.2, 0.25) is 5.75 Å². The zero-order valence-electron chi connectivity index (χ0n) is 18.2. The van der Waals surface area contributed by atoms with E-state index in [1.807, 2.05) is 0 Å². The van der Waals surface area contributed by atoms with Gasteiger partial charge in [-0.2, -0.15) is 0 Å². The molecule has 1 fully saturated rings. The normalized spacial score (nSPS) is 14.3. The van der Waals surface area contributed by atoms with Crippen molar-refractivity contribution in [2.24, 2.45) is 0 Å². The smallest absolute Gasteiger partial charge is 0.318 e. The number of nitro groups is 2. The molecule has 0 aliphatic carbocycles.